The average molecular weight is 543 g/mol. The molecule has 2 aromatic rings. The lowest BCUT2D eigenvalue weighted by atomic mass is 10.0. The van der Waals surface area contributed by atoms with Crippen LogP contribution in [0, 0.1) is 15.9 Å². The second-order valence-electron chi connectivity index (χ2n) is 10.0. The van der Waals surface area contributed by atoms with E-state index in [1.807, 2.05) is 4.90 Å². The number of piperazine rings is 1. The zero-order valence-electron chi connectivity index (χ0n) is 21.7. The fraction of sp³-hybridized carbons (Fsp3) is 0.480. The highest BCUT2D eigenvalue weighted by molar-refractivity contribution is 5.73. The number of anilines is 1. The van der Waals surface area contributed by atoms with Crippen LogP contribution in [-0.2, 0) is 10.9 Å². The van der Waals surface area contributed by atoms with Gasteiger partial charge >= 0.3 is 12.3 Å². The van der Waals surface area contributed by atoms with Crippen molar-refractivity contribution in [3.63, 3.8) is 0 Å². The van der Waals surface area contributed by atoms with E-state index < -0.39 is 63.1 Å². The number of nitro benzene ring substituents is 1. The van der Waals surface area contributed by atoms with E-state index in [0.717, 1.165) is 24.3 Å². The molecule has 1 amide bonds. The Labute approximate surface area is 217 Å². The number of benzene rings is 2. The molecular weight excluding hydrogens is 512 g/mol. The number of nitrogens with zero attached hydrogens (tertiary/aromatic N) is 4. The largest absolute Gasteiger partial charge is 0.454 e. The average Bonchev–Trinajstić information content (AvgIpc) is 2.79. The Kier molecular flexibility index (Phi) is 8.39. The summed E-state index contributed by atoms with van der Waals surface area (Å²) in [5.74, 6) is -2.09. The number of carbonyl (C=O) groups excluding carboxylic acids is 1. The lowest BCUT2D eigenvalue weighted by Crippen LogP contribution is -2.56. The van der Waals surface area contributed by atoms with Gasteiger partial charge in [0, 0.05) is 45.3 Å². The number of ether oxygens (including phenoxy) is 2. The maximum absolute atomic E-state index is 14.5. The summed E-state index contributed by atoms with van der Waals surface area (Å²) in [6, 6.07) is 6.20. The van der Waals surface area contributed by atoms with Gasteiger partial charge in [-0.3, -0.25) is 15.0 Å². The monoisotopic (exact) mass is 542 g/mol. The normalized spacial score (nSPS) is 16.8. The van der Waals surface area contributed by atoms with E-state index in [0.29, 0.717) is 0 Å². The highest BCUT2D eigenvalue weighted by atomic mass is 19.4. The van der Waals surface area contributed by atoms with E-state index in [1.165, 1.54) is 29.0 Å². The molecule has 0 radical (unpaired) electrons. The Balaban J connectivity index is 2.02. The summed E-state index contributed by atoms with van der Waals surface area (Å²) < 4.78 is 68.2. The van der Waals surface area contributed by atoms with E-state index in [1.54, 1.807) is 27.8 Å². The van der Waals surface area contributed by atoms with Gasteiger partial charge in [-0.15, -0.1) is 0 Å². The van der Waals surface area contributed by atoms with Crippen LogP contribution in [0.25, 0.3) is 0 Å². The quantitative estimate of drug-likeness (QED) is 0.269. The molecule has 208 valence electrons. The van der Waals surface area contributed by atoms with Crippen LogP contribution in [0.1, 0.15) is 26.3 Å². The molecule has 9 nitrogen and oxygen atoms in total. The second kappa shape index (κ2) is 11.0. The Morgan fingerprint density at radius 3 is 2.37 bits per heavy atom. The fourth-order valence-corrected chi connectivity index (χ4v) is 4.11. The van der Waals surface area contributed by atoms with Gasteiger partial charge in [0.2, 0.25) is 0 Å². The lowest BCUT2D eigenvalue weighted by Gasteiger charge is -2.42. The highest BCUT2D eigenvalue weighted by Crippen LogP contribution is 2.48. The molecule has 13 heteroatoms. The molecule has 0 aromatic heterocycles. The van der Waals surface area contributed by atoms with Crippen molar-refractivity contribution in [2.45, 2.75) is 38.6 Å². The molecule has 0 N–H and O–H groups in total. The summed E-state index contributed by atoms with van der Waals surface area (Å²) in [4.78, 5) is 27.8. The molecule has 2 aromatic carbocycles. The van der Waals surface area contributed by atoms with Crippen molar-refractivity contribution in [2.75, 3.05) is 45.2 Å². The summed E-state index contributed by atoms with van der Waals surface area (Å²) in [7, 11) is 3.26. The Bertz CT molecular complexity index is 1190. The molecule has 1 fully saturated rings. The predicted octanol–water partition coefficient (Wildman–Crippen LogP) is 5.53. The van der Waals surface area contributed by atoms with Crippen LogP contribution in [0.2, 0.25) is 0 Å². The number of hydrogen-bond donors (Lipinski definition) is 0. The third kappa shape index (κ3) is 6.82. The molecule has 0 aliphatic carbocycles. The topological polar surface area (TPSA) is 88.4 Å². The molecule has 1 aliphatic rings. The molecule has 1 aliphatic heterocycles. The Morgan fingerprint density at radius 1 is 1.13 bits per heavy atom. The molecular formula is C25H30F4N4O5. The molecule has 1 saturated heterocycles. The van der Waals surface area contributed by atoms with Gasteiger partial charge in [-0.1, -0.05) is 12.1 Å². The standard InChI is InChI=1S/C25H30F4N4O5/c1-24(2,3)38-23(34)31(5)14-16-15-32(13-12-30(16)4)22-18(33(35)36)10-11-20(21(22)25(27,28)29)37-19-9-7-6-8-17(19)26/h6-11,16H,12-15H2,1-5H3/t16-/m0/s1. The van der Waals surface area contributed by atoms with E-state index in [9.17, 15) is 32.5 Å². The van der Waals surface area contributed by atoms with E-state index in [2.05, 4.69) is 0 Å². The van der Waals surface area contributed by atoms with Crippen LogP contribution in [0.3, 0.4) is 0 Å². The summed E-state index contributed by atoms with van der Waals surface area (Å²) in [6.45, 7) is 5.47. The van der Waals surface area contributed by atoms with Gasteiger partial charge in [0.05, 0.1) is 4.92 Å². The zero-order valence-corrected chi connectivity index (χ0v) is 21.7. The minimum atomic E-state index is -5.06. The summed E-state index contributed by atoms with van der Waals surface area (Å²) in [5, 5.41) is 11.8. The molecule has 0 saturated carbocycles. The van der Waals surface area contributed by atoms with Crippen molar-refractivity contribution >= 4 is 17.5 Å². The number of rotatable bonds is 6. The van der Waals surface area contributed by atoms with Gasteiger partial charge < -0.3 is 19.3 Å². The van der Waals surface area contributed by atoms with Crippen LogP contribution in [-0.4, -0.2) is 72.7 Å². The third-order valence-electron chi connectivity index (χ3n) is 5.94. The first-order chi connectivity index (χ1) is 17.6. The van der Waals surface area contributed by atoms with Gasteiger partial charge in [0.25, 0.3) is 5.69 Å². The van der Waals surface area contributed by atoms with Gasteiger partial charge in [-0.05, 0) is 46.0 Å². The molecule has 3 rings (SSSR count). The van der Waals surface area contributed by atoms with Crippen molar-refractivity contribution in [2.24, 2.45) is 0 Å². The maximum Gasteiger partial charge on any atom is 0.422 e. The van der Waals surface area contributed by atoms with Gasteiger partial charge in [0.1, 0.15) is 22.6 Å². The maximum atomic E-state index is 14.5. The molecule has 38 heavy (non-hydrogen) atoms. The number of hydrogen-bond acceptors (Lipinski definition) is 7. The number of carbonyl (C=O) groups is 1. The predicted molar refractivity (Wildman–Crippen MR) is 132 cm³/mol. The minimum Gasteiger partial charge on any atom is -0.454 e. The van der Waals surface area contributed by atoms with Crippen LogP contribution in [0.4, 0.5) is 33.7 Å². The van der Waals surface area contributed by atoms with Crippen molar-refractivity contribution < 1.29 is 36.8 Å². The van der Waals surface area contributed by atoms with Crippen LogP contribution in [0.5, 0.6) is 11.5 Å². The number of likely N-dealkylation sites (N-methyl/N-ethyl adjacent to an activating group) is 2. The van der Waals surface area contributed by atoms with Crippen molar-refractivity contribution in [1.29, 1.82) is 0 Å². The fourth-order valence-electron chi connectivity index (χ4n) is 4.11. The first-order valence-electron chi connectivity index (χ1n) is 11.8. The first-order valence-corrected chi connectivity index (χ1v) is 11.8. The molecule has 0 unspecified atom stereocenters. The van der Waals surface area contributed by atoms with Gasteiger partial charge in [-0.25, -0.2) is 9.18 Å². The first kappa shape index (κ1) is 29.0. The second-order valence-corrected chi connectivity index (χ2v) is 10.0. The molecule has 0 spiro atoms. The number of nitro groups is 1. The van der Waals surface area contributed by atoms with E-state index >= 15 is 0 Å². The molecule has 1 heterocycles. The third-order valence-corrected chi connectivity index (χ3v) is 5.94. The van der Waals surface area contributed by atoms with Crippen LogP contribution < -0.4 is 9.64 Å². The van der Waals surface area contributed by atoms with Crippen molar-refractivity contribution in [3.05, 3.63) is 57.9 Å². The summed E-state index contributed by atoms with van der Waals surface area (Å²) >= 11 is 0. The summed E-state index contributed by atoms with van der Waals surface area (Å²) in [5.41, 5.74) is -3.55. The molecule has 0 bridgehead atoms. The van der Waals surface area contributed by atoms with Crippen LogP contribution >= 0.6 is 0 Å². The smallest absolute Gasteiger partial charge is 0.422 e. The van der Waals surface area contributed by atoms with Gasteiger partial charge in [-0.2, -0.15) is 13.2 Å². The minimum absolute atomic E-state index is 0.0379. The SMILES string of the molecule is CN(C[C@H]1CN(c2c([N+](=O)[O-])ccc(Oc3ccccc3F)c2C(F)(F)F)CCN1C)C(=O)OC(C)(C)C. The number of para-hydroxylation sites is 1. The van der Waals surface area contributed by atoms with Crippen LogP contribution in [0.15, 0.2) is 36.4 Å². The van der Waals surface area contributed by atoms with Gasteiger partial charge in [0.15, 0.2) is 11.6 Å². The Hall–Kier alpha value is -3.61. The summed E-state index contributed by atoms with van der Waals surface area (Å²) in [6.07, 6.45) is -5.67. The van der Waals surface area contributed by atoms with Crippen molar-refractivity contribution in [3.8, 4) is 11.5 Å². The highest BCUT2D eigenvalue weighted by Gasteiger charge is 2.44. The van der Waals surface area contributed by atoms with E-state index in [4.69, 9.17) is 9.47 Å². The van der Waals surface area contributed by atoms with E-state index in [-0.39, 0.29) is 26.2 Å². The number of amides is 1. The molecule has 1 atom stereocenters. The zero-order chi connectivity index (χ0) is 28.4. The Morgan fingerprint density at radius 2 is 1.79 bits per heavy atom. The van der Waals surface area contributed by atoms with Crippen molar-refractivity contribution in [1.82, 2.24) is 9.80 Å². The number of alkyl halides is 3. The number of halogens is 4. The lowest BCUT2D eigenvalue weighted by molar-refractivity contribution is -0.384.